The first kappa shape index (κ1) is 15.4. The van der Waals surface area contributed by atoms with Crippen molar-refractivity contribution in [1.29, 1.82) is 0 Å². The second-order valence-corrected chi connectivity index (χ2v) is 8.87. The molecule has 0 amide bonds. The molecule has 2 saturated carbocycles. The summed E-state index contributed by atoms with van der Waals surface area (Å²) in [5.74, 6) is 3.22. The summed E-state index contributed by atoms with van der Waals surface area (Å²) in [6.45, 7) is 9.29. The molecule has 0 bridgehead atoms. The van der Waals surface area contributed by atoms with Crippen LogP contribution in [-0.2, 0) is 6.42 Å². The smallest absolute Gasteiger partial charge is 0.127 e. The van der Waals surface area contributed by atoms with Gasteiger partial charge in [0.05, 0.1) is 0 Å². The van der Waals surface area contributed by atoms with E-state index in [1.54, 1.807) is 0 Å². The van der Waals surface area contributed by atoms with Crippen molar-refractivity contribution in [1.82, 2.24) is 0 Å². The van der Waals surface area contributed by atoms with Crippen molar-refractivity contribution >= 4 is 0 Å². The van der Waals surface area contributed by atoms with Crippen LogP contribution in [-0.4, -0.2) is 10.7 Å². The lowest BCUT2D eigenvalue weighted by Crippen LogP contribution is -2.59. The maximum Gasteiger partial charge on any atom is 0.127 e. The van der Waals surface area contributed by atoms with Crippen LogP contribution in [0.4, 0.5) is 0 Å². The monoisotopic (exact) mass is 314 g/mol. The molecular weight excluding hydrogens is 284 g/mol. The molecule has 2 aliphatic carbocycles. The topological polar surface area (TPSA) is 29.5 Å². The second-order valence-electron chi connectivity index (χ2n) is 8.87. The zero-order valence-electron chi connectivity index (χ0n) is 15.0. The fraction of sp³-hybridized carbons (Fsp3) is 0.714. The first-order chi connectivity index (χ1) is 10.9. The van der Waals surface area contributed by atoms with Crippen LogP contribution in [0.2, 0.25) is 0 Å². The molecule has 0 radical (unpaired) electrons. The number of aromatic hydroxyl groups is 1. The average Bonchev–Trinajstić information content (AvgIpc) is 2.81. The quantitative estimate of drug-likeness (QED) is 0.751. The lowest BCUT2D eigenvalue weighted by Gasteiger charge is -2.62. The zero-order chi connectivity index (χ0) is 16.4. The van der Waals surface area contributed by atoms with Crippen LogP contribution >= 0.6 is 0 Å². The van der Waals surface area contributed by atoms with E-state index in [2.05, 4.69) is 33.8 Å². The predicted octanol–water partition coefficient (Wildman–Crippen LogP) is 5.43. The Morgan fingerprint density at radius 2 is 2.00 bits per heavy atom. The van der Waals surface area contributed by atoms with Gasteiger partial charge in [0.15, 0.2) is 0 Å². The van der Waals surface area contributed by atoms with E-state index in [0.717, 1.165) is 30.1 Å². The van der Waals surface area contributed by atoms with Crippen LogP contribution in [0.3, 0.4) is 0 Å². The maximum absolute atomic E-state index is 10.7. The molecule has 1 aromatic rings. The molecule has 3 aliphatic rings. The van der Waals surface area contributed by atoms with Crippen LogP contribution in [0.5, 0.6) is 11.5 Å². The standard InChI is InChI=1S/C21H30O2/c1-5-6-7-8-13-11-15(22)17-16(12-13)23-21(4)10-9-14-18(21)19(17)20(14,2)3/h11-12,14,18-19,22H,5-10H2,1-4H3/t14?,18?,19?,21-/m0/s1. The van der Waals surface area contributed by atoms with E-state index in [-0.39, 0.29) is 11.0 Å². The number of benzene rings is 1. The number of fused-ring (bicyclic) bond motifs is 2. The number of ether oxygens (including phenoxy) is 1. The van der Waals surface area contributed by atoms with Crippen molar-refractivity contribution in [3.63, 3.8) is 0 Å². The van der Waals surface area contributed by atoms with E-state index >= 15 is 0 Å². The number of unbranched alkanes of at least 4 members (excludes halogenated alkanes) is 2. The molecule has 1 N–H and O–H groups in total. The van der Waals surface area contributed by atoms with Crippen molar-refractivity contribution in [2.24, 2.45) is 17.3 Å². The molecule has 126 valence electrons. The van der Waals surface area contributed by atoms with Gasteiger partial charge in [0.1, 0.15) is 17.1 Å². The van der Waals surface area contributed by atoms with Crippen molar-refractivity contribution in [3.8, 4) is 11.5 Å². The zero-order valence-corrected chi connectivity index (χ0v) is 15.0. The molecule has 1 heterocycles. The number of aryl methyl sites for hydroxylation is 1. The van der Waals surface area contributed by atoms with Crippen molar-refractivity contribution in [2.75, 3.05) is 0 Å². The molecule has 3 unspecified atom stereocenters. The highest BCUT2D eigenvalue weighted by atomic mass is 16.5. The summed E-state index contributed by atoms with van der Waals surface area (Å²) >= 11 is 0. The van der Waals surface area contributed by atoms with E-state index in [9.17, 15) is 5.11 Å². The molecule has 0 saturated heterocycles. The van der Waals surface area contributed by atoms with Gasteiger partial charge < -0.3 is 9.84 Å². The molecule has 2 nitrogen and oxygen atoms in total. The highest BCUT2D eigenvalue weighted by Gasteiger charge is 2.69. The highest BCUT2D eigenvalue weighted by molar-refractivity contribution is 5.55. The summed E-state index contributed by atoms with van der Waals surface area (Å²) in [5.41, 5.74) is 2.58. The van der Waals surface area contributed by atoms with Gasteiger partial charge >= 0.3 is 0 Å². The third-order valence-corrected chi connectivity index (χ3v) is 7.11. The van der Waals surface area contributed by atoms with Crippen molar-refractivity contribution < 1.29 is 9.84 Å². The highest BCUT2D eigenvalue weighted by Crippen LogP contribution is 2.74. The molecular formula is C21H30O2. The number of hydrogen-bond acceptors (Lipinski definition) is 2. The summed E-state index contributed by atoms with van der Waals surface area (Å²) in [5, 5.41) is 10.7. The third kappa shape index (κ3) is 1.99. The van der Waals surface area contributed by atoms with Gasteiger partial charge in [-0.1, -0.05) is 33.6 Å². The van der Waals surface area contributed by atoms with Crippen LogP contribution in [0.25, 0.3) is 0 Å². The molecule has 4 atom stereocenters. The number of rotatable bonds is 4. The van der Waals surface area contributed by atoms with Crippen molar-refractivity contribution in [2.45, 2.75) is 77.7 Å². The average molecular weight is 314 g/mol. The number of hydrogen-bond donors (Lipinski definition) is 1. The molecule has 1 aliphatic heterocycles. The lowest BCUT2D eigenvalue weighted by molar-refractivity contribution is -0.121. The molecule has 4 rings (SSSR count). The Hall–Kier alpha value is -1.18. The van der Waals surface area contributed by atoms with Crippen LogP contribution in [0, 0.1) is 17.3 Å². The number of phenols is 1. The summed E-state index contributed by atoms with van der Waals surface area (Å²) < 4.78 is 6.51. The Morgan fingerprint density at radius 3 is 2.74 bits per heavy atom. The van der Waals surface area contributed by atoms with E-state index in [4.69, 9.17) is 4.74 Å². The van der Waals surface area contributed by atoms with Gasteiger partial charge in [0.2, 0.25) is 0 Å². The van der Waals surface area contributed by atoms with E-state index in [1.807, 2.05) is 6.07 Å². The SMILES string of the molecule is CCCCCc1cc(O)c2c(c1)O[C@@]1(C)CCC3C1C2C3(C)C. The second kappa shape index (κ2) is 4.91. The summed E-state index contributed by atoms with van der Waals surface area (Å²) in [6, 6.07) is 4.22. The Balaban J connectivity index is 1.73. The third-order valence-electron chi connectivity index (χ3n) is 7.11. The normalized spacial score (nSPS) is 35.9. The van der Waals surface area contributed by atoms with Crippen LogP contribution in [0.15, 0.2) is 12.1 Å². The first-order valence-electron chi connectivity index (χ1n) is 9.43. The summed E-state index contributed by atoms with van der Waals surface area (Å²) in [6.07, 6.45) is 7.12. The molecule has 2 heteroatoms. The molecule has 1 aromatic carbocycles. The lowest BCUT2D eigenvalue weighted by atomic mass is 9.45. The van der Waals surface area contributed by atoms with Crippen LogP contribution < -0.4 is 4.74 Å². The van der Waals surface area contributed by atoms with Gasteiger partial charge in [-0.2, -0.15) is 0 Å². The first-order valence-corrected chi connectivity index (χ1v) is 9.43. The Kier molecular flexibility index (Phi) is 3.28. The maximum atomic E-state index is 10.7. The number of phenolic OH excluding ortho intramolecular Hbond substituents is 1. The molecule has 2 fully saturated rings. The van der Waals surface area contributed by atoms with Crippen molar-refractivity contribution in [3.05, 3.63) is 23.3 Å². The minimum Gasteiger partial charge on any atom is -0.508 e. The van der Waals surface area contributed by atoms with E-state index in [1.165, 1.54) is 31.2 Å². The molecule has 0 aromatic heterocycles. The fourth-order valence-corrected chi connectivity index (χ4v) is 5.92. The van der Waals surface area contributed by atoms with E-state index < -0.39 is 0 Å². The molecule has 0 spiro atoms. The predicted molar refractivity (Wildman–Crippen MR) is 93.1 cm³/mol. The minimum absolute atomic E-state index is 0.0215. The minimum atomic E-state index is -0.0215. The van der Waals surface area contributed by atoms with Gasteiger partial charge in [-0.15, -0.1) is 0 Å². The summed E-state index contributed by atoms with van der Waals surface area (Å²) in [7, 11) is 0. The molecule has 23 heavy (non-hydrogen) atoms. The Labute approximate surface area is 140 Å². The largest absolute Gasteiger partial charge is 0.508 e. The summed E-state index contributed by atoms with van der Waals surface area (Å²) in [4.78, 5) is 0. The van der Waals surface area contributed by atoms with Gasteiger partial charge in [0, 0.05) is 17.4 Å². The van der Waals surface area contributed by atoms with Crippen LogP contribution in [0.1, 0.15) is 76.8 Å². The van der Waals surface area contributed by atoms with Gasteiger partial charge in [-0.25, -0.2) is 0 Å². The Morgan fingerprint density at radius 1 is 1.22 bits per heavy atom. The Bertz CT molecular complexity index is 633. The van der Waals surface area contributed by atoms with Gasteiger partial charge in [0.25, 0.3) is 0 Å². The van der Waals surface area contributed by atoms with Gasteiger partial charge in [-0.05, 0) is 61.6 Å². The fourth-order valence-electron chi connectivity index (χ4n) is 5.92. The van der Waals surface area contributed by atoms with Gasteiger partial charge in [-0.3, -0.25) is 0 Å². The van der Waals surface area contributed by atoms with E-state index in [0.29, 0.717) is 17.6 Å².